The van der Waals surface area contributed by atoms with Gasteiger partial charge in [-0.15, -0.1) is 0 Å². The Labute approximate surface area is 189 Å². The number of allylic oxidation sites excluding steroid dienone is 1. The zero-order valence-corrected chi connectivity index (χ0v) is 17.6. The van der Waals surface area contributed by atoms with Crippen LogP contribution in [0.4, 0.5) is 10.1 Å². The Kier molecular flexibility index (Phi) is 5.40. The molecule has 5 rings (SSSR count). The van der Waals surface area contributed by atoms with E-state index >= 15 is 0 Å². The molecule has 0 atom stereocenters. The minimum absolute atomic E-state index is 0.0911. The van der Waals surface area contributed by atoms with Gasteiger partial charge >= 0.3 is 0 Å². The number of benzene rings is 2. The molecule has 0 spiro atoms. The number of hydrogen-bond donors (Lipinski definition) is 2. The van der Waals surface area contributed by atoms with Gasteiger partial charge in [-0.05, 0) is 60.7 Å². The normalized spacial score (nSPS) is 13.7. The van der Waals surface area contributed by atoms with Crippen LogP contribution in [0, 0.1) is 11.2 Å². The molecular weight excluding hydrogens is 419 g/mol. The molecule has 0 bridgehead atoms. The molecule has 0 unspecified atom stereocenters. The van der Waals surface area contributed by atoms with Gasteiger partial charge in [-0.1, -0.05) is 12.1 Å². The second-order valence-electron chi connectivity index (χ2n) is 7.83. The summed E-state index contributed by atoms with van der Waals surface area (Å²) in [6.07, 6.45) is 9.69. The van der Waals surface area contributed by atoms with Crippen molar-refractivity contribution < 1.29 is 4.39 Å². The van der Waals surface area contributed by atoms with Crippen molar-refractivity contribution in [3.63, 3.8) is 0 Å². The van der Waals surface area contributed by atoms with Crippen LogP contribution in [0.15, 0.2) is 84.1 Å². The maximum atomic E-state index is 14.9. The molecule has 0 radical (unpaired) electrons. The van der Waals surface area contributed by atoms with E-state index in [1.165, 1.54) is 47.5 Å². The molecule has 1 aliphatic rings. The molecule has 2 N–H and O–H groups in total. The topological polar surface area (TPSA) is 88.6 Å². The first-order valence-electron chi connectivity index (χ1n) is 10.6. The summed E-state index contributed by atoms with van der Waals surface area (Å²) in [5.74, 6) is 0.0782. The number of aromatic nitrogens is 4. The largest absolute Gasteiger partial charge is 0.354 e. The van der Waals surface area contributed by atoms with Crippen molar-refractivity contribution in [1.82, 2.24) is 19.6 Å². The molecule has 8 heteroatoms. The first kappa shape index (κ1) is 20.6. The highest BCUT2D eigenvalue weighted by Crippen LogP contribution is 2.40. The Balaban J connectivity index is 1.49. The average Bonchev–Trinajstić information content (AvgIpc) is 3.53. The van der Waals surface area contributed by atoms with E-state index in [0.717, 1.165) is 11.9 Å². The minimum atomic E-state index is -0.507. The van der Waals surface area contributed by atoms with Crippen LogP contribution in [-0.4, -0.2) is 25.8 Å². The summed E-state index contributed by atoms with van der Waals surface area (Å²) in [6.45, 7) is 0. The fourth-order valence-corrected chi connectivity index (χ4v) is 3.68. The van der Waals surface area contributed by atoms with Gasteiger partial charge in [-0.3, -0.25) is 4.79 Å². The zero-order chi connectivity index (χ0) is 22.8. The van der Waals surface area contributed by atoms with Crippen LogP contribution in [0.3, 0.4) is 0 Å². The van der Waals surface area contributed by atoms with Crippen molar-refractivity contribution in [1.29, 1.82) is 5.41 Å². The molecule has 2 heterocycles. The molecule has 164 valence electrons. The Bertz CT molecular complexity index is 1400. The summed E-state index contributed by atoms with van der Waals surface area (Å²) in [4.78, 5) is 12.7. The Morgan fingerprint density at radius 3 is 2.70 bits per heavy atom. The second-order valence-corrected chi connectivity index (χ2v) is 7.83. The lowest BCUT2D eigenvalue weighted by molar-refractivity contribution is 0.605. The van der Waals surface area contributed by atoms with Crippen LogP contribution in [0.25, 0.3) is 17.1 Å². The molecule has 33 heavy (non-hydrogen) atoms. The van der Waals surface area contributed by atoms with E-state index in [0.29, 0.717) is 17.3 Å². The molecule has 1 aliphatic carbocycles. The van der Waals surface area contributed by atoms with Gasteiger partial charge in [0.15, 0.2) is 11.5 Å². The third-order valence-corrected chi connectivity index (χ3v) is 5.47. The van der Waals surface area contributed by atoms with Crippen LogP contribution < -0.4 is 10.7 Å². The van der Waals surface area contributed by atoms with Gasteiger partial charge in [0.2, 0.25) is 5.43 Å². The van der Waals surface area contributed by atoms with Crippen molar-refractivity contribution in [3.05, 3.63) is 107 Å². The van der Waals surface area contributed by atoms with E-state index in [1.807, 2.05) is 18.2 Å². The third kappa shape index (κ3) is 4.36. The van der Waals surface area contributed by atoms with Gasteiger partial charge in [0.25, 0.3) is 0 Å². The smallest absolute Gasteiger partial charge is 0.209 e. The summed E-state index contributed by atoms with van der Waals surface area (Å²) < 4.78 is 17.8. The summed E-state index contributed by atoms with van der Waals surface area (Å²) in [5.41, 5.74) is 2.94. The highest BCUT2D eigenvalue weighted by Gasteiger charge is 2.23. The summed E-state index contributed by atoms with van der Waals surface area (Å²) >= 11 is 0. The molecule has 2 aromatic carbocycles. The second kappa shape index (κ2) is 8.66. The van der Waals surface area contributed by atoms with Gasteiger partial charge in [0.05, 0.1) is 11.4 Å². The molecule has 0 saturated heterocycles. The Morgan fingerprint density at radius 2 is 1.97 bits per heavy atom. The highest BCUT2D eigenvalue weighted by molar-refractivity contribution is 5.87. The van der Waals surface area contributed by atoms with Crippen molar-refractivity contribution in [3.8, 4) is 11.4 Å². The van der Waals surface area contributed by atoms with E-state index in [9.17, 15) is 9.18 Å². The number of halogens is 1. The van der Waals surface area contributed by atoms with Gasteiger partial charge in [0, 0.05) is 42.6 Å². The standard InChI is InChI=1S/C25H21FN6O/c26-21-16-20(31-13-2-12-28-31)7-8-23(21)32-14-10-24(33)25(30-32)22(9-11-27)29-19-4-1-3-18(15-19)17-5-6-17/h1-4,7-17,27,29H,5-6H2/b22-9-,27-11?. The van der Waals surface area contributed by atoms with Crippen LogP contribution in [0.5, 0.6) is 0 Å². The third-order valence-electron chi connectivity index (χ3n) is 5.47. The lowest BCUT2D eigenvalue weighted by Crippen LogP contribution is -2.19. The van der Waals surface area contributed by atoms with E-state index in [1.54, 1.807) is 35.3 Å². The summed E-state index contributed by atoms with van der Waals surface area (Å²) in [6, 6.07) is 15.8. The summed E-state index contributed by atoms with van der Waals surface area (Å²) in [5, 5.41) is 19.2. The molecule has 2 aromatic heterocycles. The number of anilines is 1. The number of nitrogens with one attached hydrogen (secondary N) is 2. The first-order chi connectivity index (χ1) is 16.1. The van der Waals surface area contributed by atoms with Crippen LogP contribution >= 0.6 is 0 Å². The number of hydrogen-bond acceptors (Lipinski definition) is 5. The van der Waals surface area contributed by atoms with E-state index < -0.39 is 5.82 Å². The fourth-order valence-electron chi connectivity index (χ4n) is 3.68. The molecule has 0 aliphatic heterocycles. The van der Waals surface area contributed by atoms with Gasteiger partial charge in [0.1, 0.15) is 5.69 Å². The predicted octanol–water partition coefficient (Wildman–Crippen LogP) is 4.54. The van der Waals surface area contributed by atoms with Crippen molar-refractivity contribution in [2.45, 2.75) is 18.8 Å². The maximum absolute atomic E-state index is 14.9. The minimum Gasteiger partial charge on any atom is -0.354 e. The zero-order valence-electron chi connectivity index (χ0n) is 17.6. The van der Waals surface area contributed by atoms with Crippen molar-refractivity contribution in [2.24, 2.45) is 0 Å². The molecule has 1 fully saturated rings. The maximum Gasteiger partial charge on any atom is 0.209 e. The van der Waals surface area contributed by atoms with Crippen LogP contribution in [-0.2, 0) is 0 Å². The molecule has 4 aromatic rings. The average molecular weight is 440 g/mol. The lowest BCUT2D eigenvalue weighted by atomic mass is 10.1. The van der Waals surface area contributed by atoms with Crippen molar-refractivity contribution >= 4 is 17.6 Å². The van der Waals surface area contributed by atoms with Crippen LogP contribution in [0.2, 0.25) is 0 Å². The molecule has 7 nitrogen and oxygen atoms in total. The lowest BCUT2D eigenvalue weighted by Gasteiger charge is -2.13. The van der Waals surface area contributed by atoms with Gasteiger partial charge < -0.3 is 10.7 Å². The van der Waals surface area contributed by atoms with Gasteiger partial charge in [-0.2, -0.15) is 10.2 Å². The molecular formula is C25H21FN6O. The van der Waals surface area contributed by atoms with Crippen LogP contribution in [0.1, 0.15) is 30.0 Å². The SMILES string of the molecule is N=C/C=C(\Nc1cccc(C2CC2)c1)c1nn(-c2ccc(-n3cccn3)cc2F)ccc1=O. The predicted molar refractivity (Wildman–Crippen MR) is 126 cm³/mol. The van der Waals surface area contributed by atoms with E-state index in [2.05, 4.69) is 21.6 Å². The quantitative estimate of drug-likeness (QED) is 0.413. The Hall–Kier alpha value is -4.33. The number of rotatable bonds is 7. The Morgan fingerprint density at radius 1 is 1.09 bits per heavy atom. The molecule has 1 saturated carbocycles. The van der Waals surface area contributed by atoms with Gasteiger partial charge in [-0.25, -0.2) is 13.8 Å². The van der Waals surface area contributed by atoms with Crippen molar-refractivity contribution in [2.75, 3.05) is 5.32 Å². The number of nitrogens with zero attached hydrogens (tertiary/aromatic N) is 4. The monoisotopic (exact) mass is 440 g/mol. The fraction of sp³-hybridized carbons (Fsp3) is 0.120. The molecule has 0 amide bonds. The van der Waals surface area contributed by atoms with E-state index in [4.69, 9.17) is 5.41 Å². The first-order valence-corrected chi connectivity index (χ1v) is 10.6. The highest BCUT2D eigenvalue weighted by atomic mass is 19.1. The van der Waals surface area contributed by atoms with E-state index in [-0.39, 0.29) is 16.8 Å². The summed E-state index contributed by atoms with van der Waals surface area (Å²) in [7, 11) is 0.